The van der Waals surface area contributed by atoms with Crippen molar-refractivity contribution in [1.82, 2.24) is 0 Å². The van der Waals surface area contributed by atoms with Gasteiger partial charge < -0.3 is 14.6 Å². The van der Waals surface area contributed by atoms with Gasteiger partial charge in [0.1, 0.15) is 11.7 Å². The van der Waals surface area contributed by atoms with Gasteiger partial charge >= 0.3 is 0 Å². The summed E-state index contributed by atoms with van der Waals surface area (Å²) in [4.78, 5) is 25.7. The summed E-state index contributed by atoms with van der Waals surface area (Å²) in [5.41, 5.74) is -1.04. The molecule has 0 aromatic rings. The first-order valence-electron chi connectivity index (χ1n) is 9.60. The van der Waals surface area contributed by atoms with E-state index in [1.807, 2.05) is 33.8 Å². The molecular weight excluding hydrogens is 332 g/mol. The number of hydrogen-bond acceptors (Lipinski definition) is 5. The van der Waals surface area contributed by atoms with Crippen LogP contribution in [0.1, 0.15) is 53.4 Å². The van der Waals surface area contributed by atoms with Crippen LogP contribution in [0.5, 0.6) is 0 Å². The van der Waals surface area contributed by atoms with Gasteiger partial charge in [-0.25, -0.2) is 0 Å². The van der Waals surface area contributed by atoms with Gasteiger partial charge in [0.05, 0.1) is 12.2 Å². The Balaban J connectivity index is 1.80. The molecule has 1 N–H and O–H groups in total. The molecule has 4 aliphatic rings. The van der Waals surface area contributed by atoms with Crippen LogP contribution in [-0.2, 0) is 19.1 Å². The van der Waals surface area contributed by atoms with Crippen molar-refractivity contribution in [3.8, 4) is 0 Å². The zero-order valence-corrected chi connectivity index (χ0v) is 16.0. The first-order valence-corrected chi connectivity index (χ1v) is 9.60. The molecule has 0 aromatic heterocycles. The maximum atomic E-state index is 13.1. The van der Waals surface area contributed by atoms with Gasteiger partial charge in [-0.15, -0.1) is 0 Å². The maximum Gasteiger partial charge on any atom is 0.286 e. The summed E-state index contributed by atoms with van der Waals surface area (Å²) in [5.74, 6) is 0.430. The number of carbonyl (C=O) groups excluding carboxylic acids is 2. The van der Waals surface area contributed by atoms with E-state index in [1.165, 1.54) is 0 Å². The number of hydrogen-bond donors (Lipinski definition) is 1. The van der Waals surface area contributed by atoms with Crippen LogP contribution in [0.25, 0.3) is 0 Å². The van der Waals surface area contributed by atoms with Crippen molar-refractivity contribution in [3.63, 3.8) is 0 Å². The molecule has 0 bridgehead atoms. The van der Waals surface area contributed by atoms with Gasteiger partial charge in [0.2, 0.25) is 0 Å². The van der Waals surface area contributed by atoms with Gasteiger partial charge in [0, 0.05) is 23.2 Å². The first-order chi connectivity index (χ1) is 12.1. The lowest BCUT2D eigenvalue weighted by Crippen LogP contribution is -2.63. The van der Waals surface area contributed by atoms with E-state index in [0.29, 0.717) is 24.4 Å². The SMILES string of the molecule is C[C@@H]1CC(=O)C2=C(O1)O[C@]1(C)CC[C@H]3[C@@](C)(C(=O)C=C[C@@]3(C)CO)[C@H]1C2. The van der Waals surface area contributed by atoms with Crippen LogP contribution < -0.4 is 0 Å². The Bertz CT molecular complexity index is 737. The molecule has 0 saturated heterocycles. The van der Waals surface area contributed by atoms with E-state index in [0.717, 1.165) is 12.8 Å². The highest BCUT2D eigenvalue weighted by atomic mass is 16.7. The summed E-state index contributed by atoms with van der Waals surface area (Å²) in [6, 6.07) is 0. The Morgan fingerprint density at radius 3 is 2.62 bits per heavy atom. The molecule has 142 valence electrons. The van der Waals surface area contributed by atoms with E-state index in [9.17, 15) is 14.7 Å². The summed E-state index contributed by atoms with van der Waals surface area (Å²) in [6.07, 6.45) is 5.75. The van der Waals surface area contributed by atoms with E-state index in [2.05, 4.69) is 0 Å². The van der Waals surface area contributed by atoms with Crippen LogP contribution >= 0.6 is 0 Å². The number of ether oxygens (including phenoxy) is 2. The van der Waals surface area contributed by atoms with Gasteiger partial charge in [-0.05, 0) is 45.1 Å². The molecule has 6 atom stereocenters. The Labute approximate surface area is 154 Å². The second-order valence-electron chi connectivity index (χ2n) is 9.23. The summed E-state index contributed by atoms with van der Waals surface area (Å²) < 4.78 is 12.1. The van der Waals surface area contributed by atoms with Crippen LogP contribution in [0.4, 0.5) is 0 Å². The molecular formula is C21H28O5. The minimum atomic E-state index is -0.666. The maximum absolute atomic E-state index is 13.1. The third-order valence-electron chi connectivity index (χ3n) is 7.50. The lowest BCUT2D eigenvalue weighted by Gasteiger charge is -2.60. The van der Waals surface area contributed by atoms with Crippen LogP contribution in [0.15, 0.2) is 23.7 Å². The van der Waals surface area contributed by atoms with Crippen LogP contribution in [0, 0.1) is 22.7 Å². The van der Waals surface area contributed by atoms with Crippen LogP contribution in [0.2, 0.25) is 0 Å². The Morgan fingerprint density at radius 2 is 1.92 bits per heavy atom. The van der Waals surface area contributed by atoms with E-state index >= 15 is 0 Å². The highest BCUT2D eigenvalue weighted by Gasteiger charge is 2.64. The zero-order chi connectivity index (χ0) is 18.9. The van der Waals surface area contributed by atoms with Crippen molar-refractivity contribution in [2.75, 3.05) is 6.61 Å². The standard InChI is InChI=1S/C21H28O5/c1-12-9-14(23)13-10-16-20(3,26-18(13)25-12)8-5-15-19(2,11-22)7-6-17(24)21(15,16)4/h6-7,12,15-16,22H,5,8-11H2,1-4H3/t12-,15-,16+,19+,20-,21-/m1/s1. The number of Topliss-reactive ketones (excluding diaryl/α,β-unsaturated/α-hetero) is 1. The first kappa shape index (κ1) is 17.8. The van der Waals surface area contributed by atoms with E-state index in [4.69, 9.17) is 9.47 Å². The average molecular weight is 360 g/mol. The summed E-state index contributed by atoms with van der Waals surface area (Å²) in [7, 11) is 0. The molecule has 4 rings (SSSR count). The third-order valence-corrected chi connectivity index (χ3v) is 7.50. The quantitative estimate of drug-likeness (QED) is 0.778. The fraction of sp³-hybridized carbons (Fsp3) is 0.714. The predicted octanol–water partition coefficient (Wildman–Crippen LogP) is 2.92. The summed E-state index contributed by atoms with van der Waals surface area (Å²) in [5, 5.41) is 10.0. The Hall–Kier alpha value is -1.62. The zero-order valence-electron chi connectivity index (χ0n) is 16.0. The summed E-state index contributed by atoms with van der Waals surface area (Å²) >= 11 is 0. The van der Waals surface area contributed by atoms with E-state index in [-0.39, 0.29) is 36.1 Å². The predicted molar refractivity (Wildman–Crippen MR) is 95.0 cm³/mol. The molecule has 1 saturated carbocycles. The van der Waals surface area contributed by atoms with Crippen LogP contribution in [-0.4, -0.2) is 35.0 Å². The fourth-order valence-electron chi connectivity index (χ4n) is 5.91. The molecule has 0 aromatic carbocycles. The van der Waals surface area contributed by atoms with Gasteiger partial charge in [0.15, 0.2) is 11.6 Å². The van der Waals surface area contributed by atoms with Gasteiger partial charge in [-0.1, -0.05) is 19.9 Å². The van der Waals surface area contributed by atoms with E-state index in [1.54, 1.807) is 6.08 Å². The molecule has 0 spiro atoms. The van der Waals surface area contributed by atoms with Crippen molar-refractivity contribution < 1.29 is 24.2 Å². The molecule has 5 nitrogen and oxygen atoms in total. The molecule has 1 fully saturated rings. The second kappa shape index (κ2) is 5.44. The highest BCUT2D eigenvalue weighted by molar-refractivity contribution is 5.98. The highest BCUT2D eigenvalue weighted by Crippen LogP contribution is 2.63. The largest absolute Gasteiger partial charge is 0.462 e. The van der Waals surface area contributed by atoms with Gasteiger partial charge in [-0.3, -0.25) is 9.59 Å². The minimum Gasteiger partial charge on any atom is -0.462 e. The normalized spacial score (nSPS) is 47.5. The summed E-state index contributed by atoms with van der Waals surface area (Å²) in [6.45, 7) is 7.95. The van der Waals surface area contributed by atoms with Crippen molar-refractivity contribution in [3.05, 3.63) is 23.7 Å². The number of fused-ring (bicyclic) bond motifs is 3. The van der Waals surface area contributed by atoms with Gasteiger partial charge in [-0.2, -0.15) is 0 Å². The minimum absolute atomic E-state index is 0.00876. The number of ketones is 2. The molecule has 0 radical (unpaired) electrons. The monoisotopic (exact) mass is 360 g/mol. The molecule has 2 heterocycles. The van der Waals surface area contributed by atoms with Crippen LogP contribution in [0.3, 0.4) is 0 Å². The third kappa shape index (κ3) is 2.19. The molecule has 26 heavy (non-hydrogen) atoms. The van der Waals surface area contributed by atoms with Gasteiger partial charge in [0.25, 0.3) is 5.95 Å². The van der Waals surface area contributed by atoms with Crippen molar-refractivity contribution in [2.45, 2.75) is 65.1 Å². The topological polar surface area (TPSA) is 72.8 Å². The number of carbonyl (C=O) groups is 2. The van der Waals surface area contributed by atoms with Crippen molar-refractivity contribution >= 4 is 11.6 Å². The molecule has 5 heteroatoms. The van der Waals surface area contributed by atoms with Crippen molar-refractivity contribution in [2.24, 2.45) is 22.7 Å². The van der Waals surface area contributed by atoms with Crippen molar-refractivity contribution in [1.29, 1.82) is 0 Å². The number of aliphatic hydroxyl groups excluding tert-OH is 1. The average Bonchev–Trinajstić information content (AvgIpc) is 2.57. The fourth-order valence-corrected chi connectivity index (χ4v) is 5.91. The Kier molecular flexibility index (Phi) is 3.72. The van der Waals surface area contributed by atoms with E-state index < -0.39 is 16.4 Å². The number of aliphatic hydroxyl groups is 1. The molecule has 0 unspecified atom stereocenters. The molecule has 0 amide bonds. The smallest absolute Gasteiger partial charge is 0.286 e. The second-order valence-corrected chi connectivity index (χ2v) is 9.23. The number of allylic oxidation sites excluding steroid dienone is 2. The molecule has 2 aliphatic carbocycles. The Morgan fingerprint density at radius 1 is 1.19 bits per heavy atom. The number of rotatable bonds is 1. The lowest BCUT2D eigenvalue weighted by molar-refractivity contribution is -0.204. The lowest BCUT2D eigenvalue weighted by atomic mass is 9.45. The molecule has 2 aliphatic heterocycles.